The molecule has 1 saturated heterocycles. The molecule has 5 nitrogen and oxygen atoms in total. The zero-order valence-electron chi connectivity index (χ0n) is 15.7. The number of hydrogen-bond acceptors (Lipinski definition) is 4. The van der Waals surface area contributed by atoms with Crippen molar-refractivity contribution in [2.75, 3.05) is 31.6 Å². The van der Waals surface area contributed by atoms with Crippen LogP contribution in [0, 0.1) is 5.82 Å². The number of hydrogen-bond donors (Lipinski definition) is 1. The van der Waals surface area contributed by atoms with E-state index in [2.05, 4.69) is 15.2 Å². The van der Waals surface area contributed by atoms with Gasteiger partial charge in [0.1, 0.15) is 24.1 Å². The van der Waals surface area contributed by atoms with Gasteiger partial charge in [0.15, 0.2) is 0 Å². The number of carbonyl (C=O) groups excluding carboxylic acids is 1. The summed E-state index contributed by atoms with van der Waals surface area (Å²) in [6, 6.07) is 11.8. The fourth-order valence-electron chi connectivity index (χ4n) is 3.67. The van der Waals surface area contributed by atoms with Crippen LogP contribution >= 0.6 is 0 Å². The molecule has 1 atom stereocenters. The molecular formula is C22H24FN3O2. The van der Waals surface area contributed by atoms with E-state index in [0.29, 0.717) is 17.9 Å². The molecule has 2 aliphatic rings. The van der Waals surface area contributed by atoms with Crippen LogP contribution in [0.15, 0.2) is 47.5 Å². The molecule has 2 aromatic rings. The van der Waals surface area contributed by atoms with Crippen LogP contribution in [0.1, 0.15) is 30.7 Å². The number of likely N-dealkylation sites (tertiary alicyclic amines) is 1. The first-order valence-corrected chi connectivity index (χ1v) is 9.79. The summed E-state index contributed by atoms with van der Waals surface area (Å²) in [6.45, 7) is 3.96. The van der Waals surface area contributed by atoms with Crippen LogP contribution in [0.25, 0.3) is 0 Å². The number of halogens is 1. The van der Waals surface area contributed by atoms with Gasteiger partial charge in [-0.1, -0.05) is 6.42 Å². The lowest BCUT2D eigenvalue weighted by Gasteiger charge is -2.26. The smallest absolute Gasteiger partial charge is 0.237 e. The molecule has 146 valence electrons. The average molecular weight is 381 g/mol. The van der Waals surface area contributed by atoms with E-state index in [1.165, 1.54) is 44.5 Å². The first-order valence-electron chi connectivity index (χ1n) is 9.79. The number of rotatable bonds is 6. The fraction of sp³-hybridized carbons (Fsp3) is 0.364. The Morgan fingerprint density at radius 3 is 2.71 bits per heavy atom. The Bertz CT molecular complexity index is 861. The van der Waals surface area contributed by atoms with Gasteiger partial charge < -0.3 is 10.1 Å². The number of carbonyl (C=O) groups is 1. The summed E-state index contributed by atoms with van der Waals surface area (Å²) in [7, 11) is 0. The Labute approximate surface area is 164 Å². The maximum atomic E-state index is 13.5. The number of anilines is 1. The average Bonchev–Trinajstić information content (AvgIpc) is 3.02. The van der Waals surface area contributed by atoms with E-state index < -0.39 is 5.92 Å². The Balaban J connectivity index is 1.33. The van der Waals surface area contributed by atoms with E-state index in [-0.39, 0.29) is 11.7 Å². The topological polar surface area (TPSA) is 53.9 Å². The number of ether oxygens (including phenoxy) is 1. The van der Waals surface area contributed by atoms with Crippen molar-refractivity contribution < 1.29 is 13.9 Å². The van der Waals surface area contributed by atoms with Gasteiger partial charge in [-0.25, -0.2) is 4.39 Å². The third-order valence-electron chi connectivity index (χ3n) is 5.22. The van der Waals surface area contributed by atoms with Gasteiger partial charge in [-0.3, -0.25) is 14.7 Å². The molecule has 1 N–H and O–H groups in total. The molecule has 0 bridgehead atoms. The maximum absolute atomic E-state index is 13.5. The van der Waals surface area contributed by atoms with Gasteiger partial charge in [-0.2, -0.15) is 0 Å². The lowest BCUT2D eigenvalue weighted by molar-refractivity contribution is -0.115. The number of benzene rings is 2. The van der Waals surface area contributed by atoms with Crippen LogP contribution in [-0.2, 0) is 4.79 Å². The number of aliphatic imine (C=N–C) groups is 1. The molecule has 0 spiro atoms. The van der Waals surface area contributed by atoms with Crippen LogP contribution in [0.3, 0.4) is 0 Å². The highest BCUT2D eigenvalue weighted by molar-refractivity contribution is 6.12. The zero-order chi connectivity index (χ0) is 19.3. The van der Waals surface area contributed by atoms with Crippen molar-refractivity contribution in [3.63, 3.8) is 0 Å². The summed E-state index contributed by atoms with van der Waals surface area (Å²) < 4.78 is 19.3. The molecule has 2 heterocycles. The Kier molecular flexibility index (Phi) is 5.67. The Hall–Kier alpha value is -2.73. The molecule has 0 aliphatic carbocycles. The van der Waals surface area contributed by atoms with Crippen molar-refractivity contribution in [3.8, 4) is 5.75 Å². The van der Waals surface area contributed by atoms with Crippen LogP contribution < -0.4 is 10.1 Å². The predicted molar refractivity (Wildman–Crippen MR) is 108 cm³/mol. The summed E-state index contributed by atoms with van der Waals surface area (Å²) in [5.41, 5.74) is 1.98. The van der Waals surface area contributed by atoms with Crippen LogP contribution in [0.2, 0.25) is 0 Å². The molecule has 1 fully saturated rings. The minimum Gasteiger partial charge on any atom is -0.492 e. The minimum atomic E-state index is -0.578. The van der Waals surface area contributed by atoms with Gasteiger partial charge in [0.2, 0.25) is 5.91 Å². The van der Waals surface area contributed by atoms with Crippen molar-refractivity contribution in [1.29, 1.82) is 0 Å². The molecule has 2 aromatic carbocycles. The monoisotopic (exact) mass is 381 g/mol. The lowest BCUT2D eigenvalue weighted by Crippen LogP contribution is -2.33. The number of fused-ring (bicyclic) bond motifs is 1. The normalized spacial score (nSPS) is 19.6. The highest BCUT2D eigenvalue weighted by Crippen LogP contribution is 2.32. The lowest BCUT2D eigenvalue weighted by atomic mass is 10.0. The van der Waals surface area contributed by atoms with Gasteiger partial charge in [0, 0.05) is 18.4 Å². The fourth-order valence-corrected chi connectivity index (χ4v) is 3.67. The highest BCUT2D eigenvalue weighted by atomic mass is 19.1. The SMILES string of the molecule is O=C1Nc2ccc(F)cc2C1C=Nc1ccc(OCCN2CCCCC2)cc1. The van der Waals surface area contributed by atoms with Gasteiger partial charge in [0.05, 0.1) is 5.69 Å². The van der Waals surface area contributed by atoms with Crippen LogP contribution in [0.4, 0.5) is 15.8 Å². The van der Waals surface area contributed by atoms with E-state index in [1.54, 1.807) is 12.3 Å². The molecule has 1 amide bonds. The number of amides is 1. The number of nitrogens with zero attached hydrogens (tertiary/aromatic N) is 2. The van der Waals surface area contributed by atoms with E-state index in [1.807, 2.05) is 24.3 Å². The zero-order valence-corrected chi connectivity index (χ0v) is 15.7. The highest BCUT2D eigenvalue weighted by Gasteiger charge is 2.29. The van der Waals surface area contributed by atoms with Gasteiger partial charge in [0.25, 0.3) is 0 Å². The molecule has 2 aliphatic heterocycles. The third-order valence-corrected chi connectivity index (χ3v) is 5.22. The van der Waals surface area contributed by atoms with Crippen molar-refractivity contribution in [2.24, 2.45) is 4.99 Å². The summed E-state index contributed by atoms with van der Waals surface area (Å²) in [4.78, 5) is 18.9. The molecule has 0 saturated carbocycles. The second kappa shape index (κ2) is 8.52. The van der Waals surface area contributed by atoms with Crippen LogP contribution in [-0.4, -0.2) is 43.3 Å². The molecular weight excluding hydrogens is 357 g/mol. The number of nitrogens with one attached hydrogen (secondary N) is 1. The van der Waals surface area contributed by atoms with Crippen molar-refractivity contribution in [1.82, 2.24) is 4.90 Å². The summed E-state index contributed by atoms with van der Waals surface area (Å²) in [5, 5.41) is 2.75. The summed E-state index contributed by atoms with van der Waals surface area (Å²) in [5.74, 6) is -0.324. The third kappa shape index (κ3) is 4.39. The van der Waals surface area contributed by atoms with E-state index in [9.17, 15) is 9.18 Å². The Morgan fingerprint density at radius 2 is 1.93 bits per heavy atom. The second-order valence-electron chi connectivity index (χ2n) is 7.22. The molecule has 4 rings (SSSR count). The van der Waals surface area contributed by atoms with Crippen LogP contribution in [0.5, 0.6) is 5.75 Å². The standard InChI is InChI=1S/C22H24FN3O2/c23-16-4-9-21-19(14-16)20(22(27)25-21)15-24-17-5-7-18(8-6-17)28-13-12-26-10-2-1-3-11-26/h4-9,14-15,20H,1-3,10-13H2,(H,25,27). The first kappa shape index (κ1) is 18.6. The van der Waals surface area contributed by atoms with Crippen molar-refractivity contribution >= 4 is 23.5 Å². The van der Waals surface area contributed by atoms with Crippen molar-refractivity contribution in [2.45, 2.75) is 25.2 Å². The minimum absolute atomic E-state index is 0.193. The first-order chi connectivity index (χ1) is 13.7. The largest absolute Gasteiger partial charge is 0.492 e. The van der Waals surface area contributed by atoms with E-state index in [4.69, 9.17) is 4.74 Å². The summed E-state index contributed by atoms with van der Waals surface area (Å²) >= 11 is 0. The Morgan fingerprint density at radius 1 is 1.14 bits per heavy atom. The van der Waals surface area contributed by atoms with E-state index in [0.717, 1.165) is 18.0 Å². The number of piperidine rings is 1. The molecule has 6 heteroatoms. The molecule has 0 aromatic heterocycles. The van der Waals surface area contributed by atoms with E-state index >= 15 is 0 Å². The molecule has 1 unspecified atom stereocenters. The maximum Gasteiger partial charge on any atom is 0.237 e. The summed E-state index contributed by atoms with van der Waals surface area (Å²) in [6.07, 6.45) is 5.46. The van der Waals surface area contributed by atoms with Gasteiger partial charge in [-0.15, -0.1) is 0 Å². The quantitative estimate of drug-likeness (QED) is 0.766. The van der Waals surface area contributed by atoms with Gasteiger partial charge >= 0.3 is 0 Å². The van der Waals surface area contributed by atoms with Gasteiger partial charge in [-0.05, 0) is 74.0 Å². The predicted octanol–water partition coefficient (Wildman–Crippen LogP) is 4.13. The molecule has 0 radical (unpaired) electrons. The second-order valence-corrected chi connectivity index (χ2v) is 7.22. The van der Waals surface area contributed by atoms with Crippen molar-refractivity contribution in [3.05, 3.63) is 53.8 Å². The molecule has 28 heavy (non-hydrogen) atoms.